The largest absolute Gasteiger partial charge is 0.465 e. The summed E-state index contributed by atoms with van der Waals surface area (Å²) < 4.78 is 4.81. The monoisotopic (exact) mass is 236 g/mol. The number of hydrogen-bond donors (Lipinski definition) is 2. The highest BCUT2D eigenvalue weighted by Crippen LogP contribution is 2.02. The first-order chi connectivity index (χ1) is 8.13. The van der Waals surface area contributed by atoms with E-state index >= 15 is 0 Å². The van der Waals surface area contributed by atoms with Gasteiger partial charge in [0.25, 0.3) is 0 Å². The fourth-order valence-electron chi connectivity index (χ4n) is 1.03. The first-order valence-corrected chi connectivity index (χ1v) is 4.83. The number of aromatic nitrogens is 1. The van der Waals surface area contributed by atoms with Gasteiger partial charge in [-0.1, -0.05) is 12.7 Å². The van der Waals surface area contributed by atoms with E-state index in [4.69, 9.17) is 9.84 Å². The minimum absolute atomic E-state index is 0.0946. The standard InChI is InChI=1S/C11H12N2O4/c1-2-5-17-10(14)8-3-4-9(12-6-8)7-13-11(15)16/h2-4,6,13H,1,5,7H2,(H,15,16). The van der Waals surface area contributed by atoms with Crippen LogP contribution < -0.4 is 5.32 Å². The number of hydrogen-bond acceptors (Lipinski definition) is 4. The summed E-state index contributed by atoms with van der Waals surface area (Å²) >= 11 is 0. The molecule has 1 aromatic rings. The van der Waals surface area contributed by atoms with Gasteiger partial charge in [0.2, 0.25) is 0 Å². The third-order valence-corrected chi connectivity index (χ3v) is 1.81. The van der Waals surface area contributed by atoms with Gasteiger partial charge in [0, 0.05) is 6.20 Å². The van der Waals surface area contributed by atoms with Crippen molar-refractivity contribution in [3.63, 3.8) is 0 Å². The summed E-state index contributed by atoms with van der Waals surface area (Å²) in [5, 5.41) is 10.6. The fraction of sp³-hybridized carbons (Fsp3) is 0.182. The van der Waals surface area contributed by atoms with E-state index in [0.717, 1.165) is 0 Å². The predicted octanol–water partition coefficient (Wildman–Crippen LogP) is 1.19. The summed E-state index contributed by atoms with van der Waals surface area (Å²) in [6, 6.07) is 3.08. The third-order valence-electron chi connectivity index (χ3n) is 1.81. The molecule has 0 spiro atoms. The van der Waals surface area contributed by atoms with Crippen LogP contribution in [0.3, 0.4) is 0 Å². The van der Waals surface area contributed by atoms with Crippen LogP contribution in [0.25, 0.3) is 0 Å². The van der Waals surface area contributed by atoms with Crippen LogP contribution in [-0.4, -0.2) is 28.8 Å². The van der Waals surface area contributed by atoms with Crippen LogP contribution in [0.2, 0.25) is 0 Å². The lowest BCUT2D eigenvalue weighted by Crippen LogP contribution is -2.20. The Balaban J connectivity index is 2.57. The molecule has 6 nitrogen and oxygen atoms in total. The molecule has 0 aromatic carbocycles. The van der Waals surface area contributed by atoms with Crippen LogP contribution in [0.5, 0.6) is 0 Å². The molecule has 1 amide bonds. The Labute approximate surface area is 97.9 Å². The Bertz CT molecular complexity index is 414. The van der Waals surface area contributed by atoms with Gasteiger partial charge in [-0.05, 0) is 12.1 Å². The minimum Gasteiger partial charge on any atom is -0.465 e. The van der Waals surface area contributed by atoms with Crippen molar-refractivity contribution in [3.8, 4) is 0 Å². The fourth-order valence-corrected chi connectivity index (χ4v) is 1.03. The number of amides is 1. The van der Waals surface area contributed by atoms with Crippen molar-refractivity contribution in [2.75, 3.05) is 6.61 Å². The molecule has 0 radical (unpaired) electrons. The highest BCUT2D eigenvalue weighted by atomic mass is 16.5. The van der Waals surface area contributed by atoms with Crippen molar-refractivity contribution in [1.82, 2.24) is 10.3 Å². The van der Waals surface area contributed by atoms with Gasteiger partial charge in [-0.3, -0.25) is 4.98 Å². The number of pyridine rings is 1. The van der Waals surface area contributed by atoms with E-state index in [9.17, 15) is 9.59 Å². The summed E-state index contributed by atoms with van der Waals surface area (Å²) in [5.74, 6) is -0.491. The lowest BCUT2D eigenvalue weighted by Gasteiger charge is -2.03. The molecule has 2 N–H and O–H groups in total. The van der Waals surface area contributed by atoms with Crippen molar-refractivity contribution in [1.29, 1.82) is 0 Å². The molecule has 0 saturated carbocycles. The van der Waals surface area contributed by atoms with Crippen molar-refractivity contribution < 1.29 is 19.4 Å². The van der Waals surface area contributed by atoms with Crippen molar-refractivity contribution in [2.24, 2.45) is 0 Å². The third kappa shape index (κ3) is 4.33. The number of carboxylic acid groups (broad SMARTS) is 1. The lowest BCUT2D eigenvalue weighted by molar-refractivity contribution is 0.0549. The summed E-state index contributed by atoms with van der Waals surface area (Å²) in [6.07, 6.45) is 1.68. The number of nitrogens with zero attached hydrogens (tertiary/aromatic N) is 1. The molecule has 1 heterocycles. The van der Waals surface area contributed by atoms with Gasteiger partial charge in [-0.25, -0.2) is 9.59 Å². The summed E-state index contributed by atoms with van der Waals surface area (Å²) in [4.78, 5) is 25.5. The first kappa shape index (κ1) is 12.7. The van der Waals surface area contributed by atoms with E-state index in [0.29, 0.717) is 11.3 Å². The smallest absolute Gasteiger partial charge is 0.404 e. The zero-order valence-corrected chi connectivity index (χ0v) is 9.05. The molecule has 0 aliphatic rings. The number of carbonyl (C=O) groups is 2. The van der Waals surface area contributed by atoms with Crippen molar-refractivity contribution >= 4 is 12.1 Å². The molecule has 0 unspecified atom stereocenters. The molecular formula is C11H12N2O4. The highest BCUT2D eigenvalue weighted by molar-refractivity contribution is 5.89. The Morgan fingerprint density at radius 1 is 1.53 bits per heavy atom. The van der Waals surface area contributed by atoms with Crippen LogP contribution in [0, 0.1) is 0 Å². The summed E-state index contributed by atoms with van der Waals surface area (Å²) in [7, 11) is 0. The number of nitrogens with one attached hydrogen (secondary N) is 1. The maximum atomic E-state index is 11.4. The maximum absolute atomic E-state index is 11.4. The number of rotatable bonds is 5. The topological polar surface area (TPSA) is 88.5 Å². The van der Waals surface area contributed by atoms with Gasteiger partial charge in [-0.15, -0.1) is 0 Å². The molecule has 0 fully saturated rings. The van der Waals surface area contributed by atoms with Crippen LogP contribution in [0.4, 0.5) is 4.79 Å². The molecule has 0 atom stereocenters. The van der Waals surface area contributed by atoms with Crippen LogP contribution >= 0.6 is 0 Å². The van der Waals surface area contributed by atoms with Gasteiger partial charge in [0.15, 0.2) is 0 Å². The van der Waals surface area contributed by atoms with Gasteiger partial charge in [-0.2, -0.15) is 0 Å². The molecule has 17 heavy (non-hydrogen) atoms. The van der Waals surface area contributed by atoms with Crippen LogP contribution in [-0.2, 0) is 11.3 Å². The molecule has 1 aromatic heterocycles. The lowest BCUT2D eigenvalue weighted by atomic mass is 10.2. The average molecular weight is 236 g/mol. The van der Waals surface area contributed by atoms with E-state index < -0.39 is 12.1 Å². The molecule has 1 rings (SSSR count). The van der Waals surface area contributed by atoms with Gasteiger partial charge >= 0.3 is 12.1 Å². The minimum atomic E-state index is -1.12. The van der Waals surface area contributed by atoms with E-state index in [-0.39, 0.29) is 13.2 Å². The number of carbonyl (C=O) groups excluding carboxylic acids is 1. The second-order valence-corrected chi connectivity index (χ2v) is 3.08. The summed E-state index contributed by atoms with van der Waals surface area (Å²) in [6.45, 7) is 3.66. The van der Waals surface area contributed by atoms with Crippen molar-refractivity contribution in [2.45, 2.75) is 6.54 Å². The second-order valence-electron chi connectivity index (χ2n) is 3.08. The van der Waals surface area contributed by atoms with E-state index in [1.807, 2.05) is 0 Å². The predicted molar refractivity (Wildman–Crippen MR) is 59.6 cm³/mol. The molecule has 6 heteroatoms. The molecule has 0 saturated heterocycles. The van der Waals surface area contributed by atoms with E-state index in [1.165, 1.54) is 18.3 Å². The Hall–Kier alpha value is -2.37. The average Bonchev–Trinajstić information content (AvgIpc) is 2.34. The zero-order valence-electron chi connectivity index (χ0n) is 9.05. The second kappa shape index (κ2) is 6.26. The first-order valence-electron chi connectivity index (χ1n) is 4.83. The van der Waals surface area contributed by atoms with Gasteiger partial charge in [0.05, 0.1) is 17.8 Å². The summed E-state index contributed by atoms with van der Waals surface area (Å²) in [5.41, 5.74) is 0.832. The Morgan fingerprint density at radius 3 is 2.82 bits per heavy atom. The maximum Gasteiger partial charge on any atom is 0.404 e. The highest BCUT2D eigenvalue weighted by Gasteiger charge is 2.06. The molecule has 90 valence electrons. The molecular weight excluding hydrogens is 224 g/mol. The molecule has 0 aliphatic carbocycles. The normalized spacial score (nSPS) is 9.41. The van der Waals surface area contributed by atoms with Crippen LogP contribution in [0.15, 0.2) is 31.0 Å². The Kier molecular flexibility index (Phi) is 4.68. The SMILES string of the molecule is C=CCOC(=O)c1ccc(CNC(=O)O)nc1. The van der Waals surface area contributed by atoms with E-state index in [1.54, 1.807) is 6.07 Å². The van der Waals surface area contributed by atoms with E-state index in [2.05, 4.69) is 16.9 Å². The number of esters is 1. The van der Waals surface area contributed by atoms with Crippen LogP contribution in [0.1, 0.15) is 16.1 Å². The quantitative estimate of drug-likeness (QED) is 0.592. The molecule has 0 bridgehead atoms. The zero-order chi connectivity index (χ0) is 12.7. The van der Waals surface area contributed by atoms with Crippen molar-refractivity contribution in [3.05, 3.63) is 42.2 Å². The van der Waals surface area contributed by atoms with Gasteiger partial charge in [0.1, 0.15) is 6.61 Å². The van der Waals surface area contributed by atoms with Gasteiger partial charge < -0.3 is 15.2 Å². The molecule has 0 aliphatic heterocycles. The Morgan fingerprint density at radius 2 is 2.29 bits per heavy atom. The number of ether oxygens (including phenoxy) is 1.